The van der Waals surface area contributed by atoms with E-state index in [2.05, 4.69) is 4.98 Å². The molecule has 0 aliphatic carbocycles. The molecule has 2 rings (SSSR count). The highest BCUT2D eigenvalue weighted by atomic mass is 16.5. The van der Waals surface area contributed by atoms with Crippen LogP contribution in [0.2, 0.25) is 0 Å². The summed E-state index contributed by atoms with van der Waals surface area (Å²) in [6.45, 7) is 0. The molecule has 0 unspecified atom stereocenters. The van der Waals surface area contributed by atoms with Gasteiger partial charge >= 0.3 is 0 Å². The maximum atomic E-state index is 11.2. The zero-order chi connectivity index (χ0) is 12.3. The van der Waals surface area contributed by atoms with E-state index in [0.29, 0.717) is 5.88 Å². The van der Waals surface area contributed by atoms with Crippen LogP contribution in [-0.4, -0.2) is 17.2 Å². The van der Waals surface area contributed by atoms with Crippen molar-refractivity contribution in [3.05, 3.63) is 52.8 Å². The number of hydrogen-bond acceptors (Lipinski definition) is 4. The lowest BCUT2D eigenvalue weighted by molar-refractivity contribution is 0.398. The van der Waals surface area contributed by atoms with Gasteiger partial charge in [0.1, 0.15) is 0 Å². The third-order valence-corrected chi connectivity index (χ3v) is 2.35. The third kappa shape index (κ3) is 2.42. The molecular weight excluding hydrogens is 218 g/mol. The monoisotopic (exact) mass is 229 g/mol. The van der Waals surface area contributed by atoms with Crippen molar-refractivity contribution in [2.45, 2.75) is 0 Å². The van der Waals surface area contributed by atoms with Crippen LogP contribution in [0.3, 0.4) is 0 Å². The molecule has 1 N–H and O–H groups in total. The highest BCUT2D eigenvalue weighted by Gasteiger charge is 2.01. The maximum absolute atomic E-state index is 11.2. The van der Waals surface area contributed by atoms with E-state index in [-0.39, 0.29) is 5.75 Å². The van der Waals surface area contributed by atoms with Gasteiger partial charge in [0, 0.05) is 17.8 Å². The Kier molecular flexibility index (Phi) is 3.05. The van der Waals surface area contributed by atoms with Crippen molar-refractivity contribution in [2.24, 2.45) is 0 Å². The van der Waals surface area contributed by atoms with E-state index in [9.17, 15) is 9.90 Å². The number of hydrogen-bond donors (Lipinski definition) is 1. The summed E-state index contributed by atoms with van der Waals surface area (Å²) in [6, 6.07) is 9.61. The molecule has 0 aliphatic heterocycles. The average molecular weight is 229 g/mol. The van der Waals surface area contributed by atoms with Gasteiger partial charge in [-0.25, -0.2) is 4.98 Å². The molecule has 4 nitrogen and oxygen atoms in total. The van der Waals surface area contributed by atoms with E-state index in [1.54, 1.807) is 31.5 Å². The van der Waals surface area contributed by atoms with E-state index < -0.39 is 5.43 Å². The predicted molar refractivity (Wildman–Crippen MR) is 64.2 cm³/mol. The van der Waals surface area contributed by atoms with Crippen molar-refractivity contribution in [3.8, 4) is 22.8 Å². The summed E-state index contributed by atoms with van der Waals surface area (Å²) >= 11 is 0. The van der Waals surface area contributed by atoms with Gasteiger partial charge in [0.05, 0.1) is 7.11 Å². The van der Waals surface area contributed by atoms with Gasteiger partial charge in [0.15, 0.2) is 5.75 Å². The normalized spacial score (nSPS) is 9.94. The molecule has 2 aromatic rings. The Morgan fingerprint density at radius 1 is 1.18 bits per heavy atom. The summed E-state index contributed by atoms with van der Waals surface area (Å²) in [4.78, 5) is 15.3. The summed E-state index contributed by atoms with van der Waals surface area (Å²) in [5.74, 6) is 0.239. The van der Waals surface area contributed by atoms with Gasteiger partial charge in [-0.2, -0.15) is 0 Å². The zero-order valence-electron chi connectivity index (χ0n) is 9.25. The van der Waals surface area contributed by atoms with Crippen molar-refractivity contribution in [1.82, 2.24) is 4.98 Å². The minimum Gasteiger partial charge on any atom is -0.504 e. The second kappa shape index (κ2) is 4.65. The van der Waals surface area contributed by atoms with Gasteiger partial charge in [-0.1, -0.05) is 12.1 Å². The van der Waals surface area contributed by atoms with Gasteiger partial charge in [-0.3, -0.25) is 4.79 Å². The minimum absolute atomic E-state index is 0.277. The van der Waals surface area contributed by atoms with Crippen LogP contribution >= 0.6 is 0 Å². The van der Waals surface area contributed by atoms with Crippen LogP contribution in [0.15, 0.2) is 47.4 Å². The first-order valence-corrected chi connectivity index (χ1v) is 5.04. The molecule has 0 amide bonds. The summed E-state index contributed by atoms with van der Waals surface area (Å²) < 4.78 is 4.96. The van der Waals surface area contributed by atoms with Crippen LogP contribution in [0.25, 0.3) is 11.1 Å². The number of pyridine rings is 1. The molecule has 0 atom stereocenters. The molecule has 0 spiro atoms. The van der Waals surface area contributed by atoms with Gasteiger partial charge in [0.25, 0.3) is 0 Å². The molecule has 1 heterocycles. The van der Waals surface area contributed by atoms with E-state index >= 15 is 0 Å². The number of ether oxygens (including phenoxy) is 1. The molecule has 86 valence electrons. The average Bonchev–Trinajstić information content (AvgIpc) is 2.52. The number of aromatic nitrogens is 1. The quantitative estimate of drug-likeness (QED) is 0.853. The van der Waals surface area contributed by atoms with Crippen LogP contribution in [0.5, 0.6) is 11.6 Å². The molecule has 0 radical (unpaired) electrons. The van der Waals surface area contributed by atoms with E-state index in [4.69, 9.17) is 4.74 Å². The molecule has 0 fully saturated rings. The zero-order valence-corrected chi connectivity index (χ0v) is 9.25. The Balaban J connectivity index is 2.50. The Morgan fingerprint density at radius 3 is 2.65 bits per heavy atom. The second-order valence-corrected chi connectivity index (χ2v) is 3.46. The fourth-order valence-electron chi connectivity index (χ4n) is 1.44. The molecule has 1 aromatic heterocycles. The van der Waals surface area contributed by atoms with E-state index in [1.807, 2.05) is 6.07 Å². The fourth-order valence-corrected chi connectivity index (χ4v) is 1.44. The summed E-state index contributed by atoms with van der Waals surface area (Å²) in [7, 11) is 1.54. The number of methoxy groups -OCH3 is 1. The lowest BCUT2D eigenvalue weighted by Crippen LogP contribution is -1.91. The lowest BCUT2D eigenvalue weighted by atomic mass is 10.1. The minimum atomic E-state index is -0.405. The molecule has 0 aliphatic rings. The predicted octanol–water partition coefficient (Wildman–Crippen LogP) is 1.82. The first kappa shape index (κ1) is 11.1. The molecule has 0 saturated heterocycles. The molecule has 17 heavy (non-hydrogen) atoms. The van der Waals surface area contributed by atoms with Crippen LogP contribution in [0.1, 0.15) is 0 Å². The number of nitrogens with zero attached hydrogens (tertiary/aromatic N) is 1. The van der Waals surface area contributed by atoms with Crippen LogP contribution < -0.4 is 10.2 Å². The van der Waals surface area contributed by atoms with Gasteiger partial charge in [-0.15, -0.1) is 0 Å². The third-order valence-electron chi connectivity index (χ3n) is 2.35. The topological polar surface area (TPSA) is 59.4 Å². The largest absolute Gasteiger partial charge is 0.504 e. The standard InChI is InChI=1S/C13H11NO3/c1-17-13-6-5-10(8-14-13)9-3-2-4-11(15)12(16)7-9/h2-8H,1H3,(H,15,16). The van der Waals surface area contributed by atoms with E-state index in [1.165, 1.54) is 12.1 Å². The summed E-state index contributed by atoms with van der Waals surface area (Å²) in [6.07, 6.45) is 1.62. The SMILES string of the molecule is COc1ccc(-c2cccc(=O)c(O)c2)cn1. The fraction of sp³-hybridized carbons (Fsp3) is 0.0769. The Labute approximate surface area is 98.2 Å². The van der Waals surface area contributed by atoms with Gasteiger partial charge < -0.3 is 9.84 Å². The molecule has 0 bridgehead atoms. The summed E-state index contributed by atoms with van der Waals surface area (Å²) in [5.41, 5.74) is 1.12. The smallest absolute Gasteiger partial charge is 0.220 e. The summed E-state index contributed by atoms with van der Waals surface area (Å²) in [5, 5.41) is 9.46. The highest BCUT2D eigenvalue weighted by molar-refractivity contribution is 5.63. The van der Waals surface area contributed by atoms with Crippen LogP contribution in [0.4, 0.5) is 0 Å². The van der Waals surface area contributed by atoms with Crippen LogP contribution in [0, 0.1) is 0 Å². The highest BCUT2D eigenvalue weighted by Crippen LogP contribution is 2.21. The Bertz CT molecular complexity index is 579. The van der Waals surface area contributed by atoms with Crippen molar-refractivity contribution in [1.29, 1.82) is 0 Å². The molecule has 0 saturated carbocycles. The Morgan fingerprint density at radius 2 is 2.00 bits per heavy atom. The van der Waals surface area contributed by atoms with Crippen molar-refractivity contribution in [3.63, 3.8) is 0 Å². The number of aromatic hydroxyl groups is 1. The molecule has 4 heteroatoms. The van der Waals surface area contributed by atoms with Gasteiger partial charge in [0.2, 0.25) is 11.3 Å². The van der Waals surface area contributed by atoms with Crippen molar-refractivity contribution in [2.75, 3.05) is 7.11 Å². The Hall–Kier alpha value is -2.36. The number of rotatable bonds is 2. The first-order chi connectivity index (χ1) is 8.20. The van der Waals surface area contributed by atoms with Crippen molar-refractivity contribution < 1.29 is 9.84 Å². The van der Waals surface area contributed by atoms with Gasteiger partial charge in [-0.05, 0) is 23.8 Å². The molecule has 1 aromatic carbocycles. The van der Waals surface area contributed by atoms with E-state index in [0.717, 1.165) is 11.1 Å². The first-order valence-electron chi connectivity index (χ1n) is 5.04. The maximum Gasteiger partial charge on any atom is 0.220 e. The lowest BCUT2D eigenvalue weighted by Gasteiger charge is -2.01. The van der Waals surface area contributed by atoms with Crippen LogP contribution in [-0.2, 0) is 0 Å². The molecular formula is C13H11NO3. The van der Waals surface area contributed by atoms with Crippen molar-refractivity contribution >= 4 is 0 Å². The second-order valence-electron chi connectivity index (χ2n) is 3.46.